The lowest BCUT2D eigenvalue weighted by molar-refractivity contribution is -0.117. The number of amides is 1. The number of nitrogens with zero attached hydrogens (tertiary/aromatic N) is 1. The Morgan fingerprint density at radius 3 is 2.47 bits per heavy atom. The molecule has 168 valence electrons. The summed E-state index contributed by atoms with van der Waals surface area (Å²) in [6.07, 6.45) is 6.68. The second kappa shape index (κ2) is 10.4. The highest BCUT2D eigenvalue weighted by atomic mass is 32.2. The molecule has 0 saturated heterocycles. The number of primary sulfonamides is 1. The predicted octanol–water partition coefficient (Wildman–Crippen LogP) is 2.98. The molecule has 1 aliphatic carbocycles. The van der Waals surface area contributed by atoms with E-state index in [9.17, 15) is 18.5 Å². The van der Waals surface area contributed by atoms with Gasteiger partial charge in [0.15, 0.2) is 0 Å². The smallest absolute Gasteiger partial charge is 0.263 e. The minimum Gasteiger partial charge on any atom is -0.386 e. The van der Waals surface area contributed by atoms with Crippen LogP contribution < -0.4 is 15.8 Å². The highest BCUT2D eigenvalue weighted by Gasteiger charge is 2.18. The molecule has 1 amide bonds. The molecule has 0 radical (unpaired) electrons. The van der Waals surface area contributed by atoms with Crippen molar-refractivity contribution >= 4 is 15.9 Å². The molecule has 0 aliphatic heterocycles. The number of hydrogen-bond acceptors (Lipinski definition) is 5. The minimum absolute atomic E-state index is 0.0254. The van der Waals surface area contributed by atoms with Crippen LogP contribution in [0.3, 0.4) is 0 Å². The highest BCUT2D eigenvalue weighted by molar-refractivity contribution is 7.89. The third-order valence-electron chi connectivity index (χ3n) is 5.66. The Balaban J connectivity index is 1.63. The molecule has 0 saturated carbocycles. The number of nitrogens with two attached hydrogens (primary N) is 1. The van der Waals surface area contributed by atoms with E-state index < -0.39 is 15.9 Å². The fourth-order valence-electron chi connectivity index (χ4n) is 3.84. The van der Waals surface area contributed by atoms with Crippen molar-refractivity contribution < 1.29 is 13.2 Å². The summed E-state index contributed by atoms with van der Waals surface area (Å²) in [5.74, 6) is -0.436. The fraction of sp³-hybridized carbons (Fsp3) is 0.333. The molecule has 8 heteroatoms. The average Bonchev–Trinajstić information content (AvgIpc) is 2.79. The molecule has 7 nitrogen and oxygen atoms in total. The molecule has 1 atom stereocenters. The van der Waals surface area contributed by atoms with Gasteiger partial charge in [0.05, 0.1) is 10.9 Å². The Hall–Kier alpha value is -3.15. The minimum atomic E-state index is -3.74. The lowest BCUT2D eigenvalue weighted by atomic mass is 9.88. The van der Waals surface area contributed by atoms with Crippen molar-refractivity contribution in [3.05, 3.63) is 76.5 Å². The SMILES string of the molecule is CCC(NC(=O)/C(C#N)=C\NCc1ccc(S(N)(=O)=O)cc1)c1ccc2c(c1)CCCC2. The van der Waals surface area contributed by atoms with E-state index in [-0.39, 0.29) is 16.5 Å². The fourth-order valence-corrected chi connectivity index (χ4v) is 4.36. The van der Waals surface area contributed by atoms with Gasteiger partial charge in [0.25, 0.3) is 5.91 Å². The van der Waals surface area contributed by atoms with Crippen LogP contribution in [-0.2, 0) is 34.2 Å². The van der Waals surface area contributed by atoms with E-state index in [1.807, 2.05) is 13.0 Å². The molecule has 2 aromatic carbocycles. The molecule has 0 fully saturated rings. The van der Waals surface area contributed by atoms with Crippen LogP contribution in [0.4, 0.5) is 0 Å². The molecule has 32 heavy (non-hydrogen) atoms. The lowest BCUT2D eigenvalue weighted by Gasteiger charge is -2.21. The van der Waals surface area contributed by atoms with Crippen LogP contribution in [0.2, 0.25) is 0 Å². The van der Waals surface area contributed by atoms with Gasteiger partial charge in [0.1, 0.15) is 11.6 Å². The number of aryl methyl sites for hydroxylation is 2. The van der Waals surface area contributed by atoms with E-state index in [1.165, 1.54) is 42.3 Å². The Kier molecular flexibility index (Phi) is 7.67. The summed E-state index contributed by atoms with van der Waals surface area (Å²) in [5, 5.41) is 20.4. The maximum absolute atomic E-state index is 12.7. The summed E-state index contributed by atoms with van der Waals surface area (Å²) in [6, 6.07) is 14.2. The zero-order valence-electron chi connectivity index (χ0n) is 18.1. The molecule has 4 N–H and O–H groups in total. The average molecular weight is 453 g/mol. The Labute approximate surface area is 189 Å². The molecule has 0 spiro atoms. The van der Waals surface area contributed by atoms with E-state index in [0.29, 0.717) is 13.0 Å². The van der Waals surface area contributed by atoms with Crippen LogP contribution in [0.25, 0.3) is 0 Å². The van der Waals surface area contributed by atoms with Gasteiger partial charge in [-0.2, -0.15) is 5.26 Å². The largest absolute Gasteiger partial charge is 0.386 e. The van der Waals surface area contributed by atoms with Crippen LogP contribution in [-0.4, -0.2) is 14.3 Å². The van der Waals surface area contributed by atoms with E-state index in [0.717, 1.165) is 24.0 Å². The van der Waals surface area contributed by atoms with Gasteiger partial charge >= 0.3 is 0 Å². The van der Waals surface area contributed by atoms with Gasteiger partial charge in [-0.25, -0.2) is 13.6 Å². The van der Waals surface area contributed by atoms with Crippen LogP contribution in [0.15, 0.2) is 59.1 Å². The van der Waals surface area contributed by atoms with Crippen LogP contribution in [0.5, 0.6) is 0 Å². The molecule has 2 aromatic rings. The van der Waals surface area contributed by atoms with Crippen molar-refractivity contribution in [2.75, 3.05) is 0 Å². The van der Waals surface area contributed by atoms with Gasteiger partial charge in [-0.3, -0.25) is 4.79 Å². The number of nitriles is 1. The number of carbonyl (C=O) groups excluding carboxylic acids is 1. The van der Waals surface area contributed by atoms with Gasteiger partial charge in [0.2, 0.25) is 10.0 Å². The topological polar surface area (TPSA) is 125 Å². The summed E-state index contributed by atoms with van der Waals surface area (Å²) < 4.78 is 22.6. The van der Waals surface area contributed by atoms with E-state index in [4.69, 9.17) is 5.14 Å². The standard InChI is InChI=1S/C24H28N4O3S/c1-2-23(20-10-9-18-5-3-4-6-19(18)13-20)28-24(29)21(14-25)16-27-15-17-7-11-22(12-8-17)32(26,30)31/h7-13,16,23,27H,2-6,15H2,1H3,(H,28,29)(H2,26,30,31)/b21-16-. The third kappa shape index (κ3) is 5.96. The molecule has 3 rings (SSSR count). The molecular formula is C24H28N4O3S. The lowest BCUT2D eigenvalue weighted by Crippen LogP contribution is -2.30. The number of sulfonamides is 1. The monoisotopic (exact) mass is 452 g/mol. The van der Waals surface area contributed by atoms with Crippen molar-refractivity contribution in [2.24, 2.45) is 5.14 Å². The highest BCUT2D eigenvalue weighted by Crippen LogP contribution is 2.26. The van der Waals surface area contributed by atoms with Crippen LogP contribution in [0.1, 0.15) is 54.5 Å². The van der Waals surface area contributed by atoms with Crippen molar-refractivity contribution in [2.45, 2.75) is 56.5 Å². The van der Waals surface area contributed by atoms with Crippen molar-refractivity contribution in [1.29, 1.82) is 5.26 Å². The molecule has 0 bridgehead atoms. The number of carbonyl (C=O) groups is 1. The molecule has 0 aromatic heterocycles. The quantitative estimate of drug-likeness (QED) is 0.419. The van der Waals surface area contributed by atoms with Gasteiger partial charge in [-0.1, -0.05) is 37.3 Å². The van der Waals surface area contributed by atoms with Gasteiger partial charge in [0, 0.05) is 12.7 Å². The summed E-state index contributed by atoms with van der Waals surface area (Å²) in [6.45, 7) is 2.33. The zero-order valence-corrected chi connectivity index (χ0v) is 18.9. The van der Waals surface area contributed by atoms with Crippen LogP contribution in [0, 0.1) is 11.3 Å². The van der Waals surface area contributed by atoms with Crippen LogP contribution >= 0.6 is 0 Å². The van der Waals surface area contributed by atoms with Gasteiger partial charge < -0.3 is 10.6 Å². The number of hydrogen-bond donors (Lipinski definition) is 3. The van der Waals surface area contributed by atoms with E-state index in [2.05, 4.69) is 28.8 Å². The normalized spacial score (nSPS) is 14.7. The molecule has 1 unspecified atom stereocenters. The summed E-state index contributed by atoms with van der Waals surface area (Å²) >= 11 is 0. The number of benzene rings is 2. The predicted molar refractivity (Wildman–Crippen MR) is 123 cm³/mol. The first kappa shape index (κ1) is 23.5. The Morgan fingerprint density at radius 2 is 1.84 bits per heavy atom. The maximum Gasteiger partial charge on any atom is 0.263 e. The van der Waals surface area contributed by atoms with Gasteiger partial charge in [-0.15, -0.1) is 0 Å². The van der Waals surface area contributed by atoms with Gasteiger partial charge in [-0.05, 0) is 66.5 Å². The molecule has 0 heterocycles. The first-order valence-electron chi connectivity index (χ1n) is 10.7. The summed E-state index contributed by atoms with van der Waals surface area (Å²) in [4.78, 5) is 12.7. The Morgan fingerprint density at radius 1 is 1.16 bits per heavy atom. The number of rotatable bonds is 8. The first-order chi connectivity index (χ1) is 15.3. The maximum atomic E-state index is 12.7. The summed E-state index contributed by atoms with van der Waals surface area (Å²) in [5.41, 5.74) is 4.56. The number of nitrogens with one attached hydrogen (secondary N) is 2. The van der Waals surface area contributed by atoms with Crippen molar-refractivity contribution in [3.63, 3.8) is 0 Å². The Bertz CT molecular complexity index is 1150. The second-order valence-corrected chi connectivity index (χ2v) is 9.47. The zero-order chi connectivity index (χ0) is 23.1. The first-order valence-corrected chi connectivity index (χ1v) is 12.2. The van der Waals surface area contributed by atoms with Crippen molar-refractivity contribution in [3.8, 4) is 6.07 Å². The summed E-state index contributed by atoms with van der Waals surface area (Å²) in [7, 11) is -3.74. The third-order valence-corrected chi connectivity index (χ3v) is 6.59. The van der Waals surface area contributed by atoms with E-state index >= 15 is 0 Å². The molecular weight excluding hydrogens is 424 g/mol. The number of fused-ring (bicyclic) bond motifs is 1. The van der Waals surface area contributed by atoms with Crippen molar-refractivity contribution in [1.82, 2.24) is 10.6 Å². The molecule has 1 aliphatic rings. The second-order valence-electron chi connectivity index (χ2n) is 7.91. The van der Waals surface area contributed by atoms with E-state index in [1.54, 1.807) is 12.1 Å².